The number of carbonyl (C=O) groups is 1. The number of piperidine rings is 1. The van der Waals surface area contributed by atoms with Crippen LogP contribution in [0.3, 0.4) is 0 Å². The number of nitrogens with zero attached hydrogens (tertiary/aromatic N) is 1. The Morgan fingerprint density at radius 1 is 1.23 bits per heavy atom. The number of unbranched alkanes of at least 4 members (excludes halogenated alkanes) is 1. The van der Waals surface area contributed by atoms with E-state index in [-0.39, 0.29) is 17.7 Å². The lowest BCUT2D eigenvalue weighted by atomic mass is 10.0. The van der Waals surface area contributed by atoms with Gasteiger partial charge in [0.25, 0.3) is 5.91 Å². The predicted molar refractivity (Wildman–Crippen MR) is 87.2 cm³/mol. The quantitative estimate of drug-likeness (QED) is 0.870. The summed E-state index contributed by atoms with van der Waals surface area (Å²) in [7, 11) is -3.19. The van der Waals surface area contributed by atoms with E-state index in [2.05, 4.69) is 4.72 Å². The molecule has 1 aromatic carbocycles. The zero-order valence-electron chi connectivity index (χ0n) is 13.0. The Hall–Kier alpha value is -1.40. The Morgan fingerprint density at radius 3 is 2.45 bits per heavy atom. The van der Waals surface area contributed by atoms with Crippen molar-refractivity contribution in [2.75, 3.05) is 18.8 Å². The molecule has 0 aromatic heterocycles. The van der Waals surface area contributed by atoms with Crippen molar-refractivity contribution in [3.8, 4) is 0 Å². The van der Waals surface area contributed by atoms with E-state index < -0.39 is 10.0 Å². The molecular weight excluding hydrogens is 300 g/mol. The molecule has 1 fully saturated rings. The van der Waals surface area contributed by atoms with Gasteiger partial charge in [-0.15, -0.1) is 0 Å². The lowest BCUT2D eigenvalue weighted by molar-refractivity contribution is 0.0711. The number of carbonyl (C=O) groups excluding carboxylic acids is 1. The lowest BCUT2D eigenvalue weighted by Crippen LogP contribution is -2.47. The molecule has 22 heavy (non-hydrogen) atoms. The molecule has 0 bridgehead atoms. The Balaban J connectivity index is 1.84. The van der Waals surface area contributed by atoms with Crippen molar-refractivity contribution in [3.63, 3.8) is 0 Å². The maximum atomic E-state index is 12.3. The van der Waals surface area contributed by atoms with E-state index in [9.17, 15) is 13.2 Å². The van der Waals surface area contributed by atoms with Gasteiger partial charge in [0, 0.05) is 24.7 Å². The summed E-state index contributed by atoms with van der Waals surface area (Å²) in [4.78, 5) is 14.1. The number of hydrogen-bond acceptors (Lipinski definition) is 3. The van der Waals surface area contributed by atoms with Gasteiger partial charge in [-0.3, -0.25) is 4.79 Å². The molecule has 1 aliphatic heterocycles. The predicted octanol–water partition coefficient (Wildman–Crippen LogP) is 2.01. The molecule has 6 heteroatoms. The molecule has 0 unspecified atom stereocenters. The van der Waals surface area contributed by atoms with E-state index in [1.807, 2.05) is 37.3 Å². The van der Waals surface area contributed by atoms with Crippen LogP contribution in [0.15, 0.2) is 30.3 Å². The molecule has 0 atom stereocenters. The summed E-state index contributed by atoms with van der Waals surface area (Å²) in [5, 5.41) is 0. The minimum absolute atomic E-state index is 0.0212. The monoisotopic (exact) mass is 324 g/mol. The second kappa shape index (κ2) is 7.74. The zero-order chi connectivity index (χ0) is 16.0. The highest BCUT2D eigenvalue weighted by Crippen LogP contribution is 2.15. The molecule has 0 saturated carbocycles. The van der Waals surface area contributed by atoms with Crippen LogP contribution in [0.4, 0.5) is 0 Å². The molecule has 1 saturated heterocycles. The molecule has 1 amide bonds. The van der Waals surface area contributed by atoms with Gasteiger partial charge < -0.3 is 4.90 Å². The van der Waals surface area contributed by atoms with Crippen molar-refractivity contribution in [2.45, 2.75) is 38.6 Å². The number of sulfonamides is 1. The van der Waals surface area contributed by atoms with Crippen LogP contribution >= 0.6 is 0 Å². The first-order valence-electron chi connectivity index (χ1n) is 7.86. The molecule has 1 N–H and O–H groups in total. The molecule has 5 nitrogen and oxygen atoms in total. The third-order valence-electron chi connectivity index (χ3n) is 3.92. The fourth-order valence-corrected chi connectivity index (χ4v) is 4.14. The van der Waals surface area contributed by atoms with Crippen LogP contribution in [0.1, 0.15) is 43.0 Å². The Kier molecular flexibility index (Phi) is 5.97. The van der Waals surface area contributed by atoms with E-state index >= 15 is 0 Å². The largest absolute Gasteiger partial charge is 0.339 e. The van der Waals surface area contributed by atoms with Crippen molar-refractivity contribution >= 4 is 15.9 Å². The molecule has 2 rings (SSSR count). The van der Waals surface area contributed by atoms with Crippen molar-refractivity contribution < 1.29 is 13.2 Å². The average Bonchev–Trinajstić information content (AvgIpc) is 2.53. The fourth-order valence-electron chi connectivity index (χ4n) is 2.61. The molecule has 1 aliphatic rings. The fraction of sp³-hybridized carbons (Fsp3) is 0.562. The Morgan fingerprint density at radius 2 is 1.86 bits per heavy atom. The number of likely N-dealkylation sites (tertiary alicyclic amines) is 1. The van der Waals surface area contributed by atoms with E-state index in [4.69, 9.17) is 0 Å². The minimum atomic E-state index is -3.19. The third kappa shape index (κ3) is 4.81. The number of hydrogen-bond donors (Lipinski definition) is 1. The van der Waals surface area contributed by atoms with E-state index in [0.29, 0.717) is 37.9 Å². The van der Waals surface area contributed by atoms with Crippen LogP contribution in [0.2, 0.25) is 0 Å². The SMILES string of the molecule is CCCCS(=O)(=O)NC1CCN(C(=O)c2ccccc2)CC1. The summed E-state index contributed by atoms with van der Waals surface area (Å²) >= 11 is 0. The summed E-state index contributed by atoms with van der Waals surface area (Å²) in [5.41, 5.74) is 0.685. The van der Waals surface area contributed by atoms with E-state index in [1.165, 1.54) is 0 Å². The van der Waals surface area contributed by atoms with Gasteiger partial charge in [-0.05, 0) is 31.4 Å². The second-order valence-electron chi connectivity index (χ2n) is 5.72. The normalized spacial score (nSPS) is 16.7. The molecule has 1 heterocycles. The zero-order valence-corrected chi connectivity index (χ0v) is 13.8. The highest BCUT2D eigenvalue weighted by molar-refractivity contribution is 7.89. The van der Waals surface area contributed by atoms with Gasteiger partial charge in [-0.25, -0.2) is 13.1 Å². The second-order valence-corrected chi connectivity index (χ2v) is 7.60. The van der Waals surface area contributed by atoms with Gasteiger partial charge in [0.1, 0.15) is 0 Å². The highest BCUT2D eigenvalue weighted by atomic mass is 32.2. The first-order valence-corrected chi connectivity index (χ1v) is 9.51. The number of benzene rings is 1. The molecule has 0 radical (unpaired) electrons. The summed E-state index contributed by atoms with van der Waals surface area (Å²) in [5.74, 6) is 0.208. The number of amides is 1. The van der Waals surface area contributed by atoms with Crippen LogP contribution in [0, 0.1) is 0 Å². The first-order chi connectivity index (χ1) is 10.5. The Labute approximate surface area is 132 Å². The molecule has 122 valence electrons. The van der Waals surface area contributed by atoms with E-state index in [1.54, 1.807) is 4.90 Å². The maximum Gasteiger partial charge on any atom is 0.253 e. The van der Waals surface area contributed by atoms with Crippen LogP contribution in [-0.4, -0.2) is 44.1 Å². The summed E-state index contributed by atoms with van der Waals surface area (Å²) in [6.45, 7) is 3.16. The smallest absolute Gasteiger partial charge is 0.253 e. The minimum Gasteiger partial charge on any atom is -0.339 e. The summed E-state index contributed by atoms with van der Waals surface area (Å²) in [6, 6.07) is 9.14. The summed E-state index contributed by atoms with van der Waals surface area (Å²) < 4.78 is 26.6. The molecular formula is C16H24N2O3S. The molecule has 0 spiro atoms. The highest BCUT2D eigenvalue weighted by Gasteiger charge is 2.26. The van der Waals surface area contributed by atoms with Crippen molar-refractivity contribution in [3.05, 3.63) is 35.9 Å². The van der Waals surface area contributed by atoms with Gasteiger partial charge in [0.2, 0.25) is 10.0 Å². The van der Waals surface area contributed by atoms with Gasteiger partial charge in [0.15, 0.2) is 0 Å². The number of nitrogens with one attached hydrogen (secondary N) is 1. The topological polar surface area (TPSA) is 66.5 Å². The maximum absolute atomic E-state index is 12.3. The third-order valence-corrected chi connectivity index (χ3v) is 5.43. The standard InChI is InChI=1S/C16H24N2O3S/c1-2-3-13-22(20,21)17-15-9-11-18(12-10-15)16(19)14-7-5-4-6-8-14/h4-8,15,17H,2-3,9-13H2,1H3. The Bertz CT molecular complexity index is 579. The first kappa shape index (κ1) is 17.0. The number of rotatable bonds is 6. The van der Waals surface area contributed by atoms with Gasteiger partial charge in [0.05, 0.1) is 5.75 Å². The van der Waals surface area contributed by atoms with Crippen LogP contribution in [0.5, 0.6) is 0 Å². The van der Waals surface area contributed by atoms with Crippen molar-refractivity contribution in [2.24, 2.45) is 0 Å². The van der Waals surface area contributed by atoms with Crippen molar-refractivity contribution in [1.82, 2.24) is 9.62 Å². The van der Waals surface area contributed by atoms with Crippen molar-refractivity contribution in [1.29, 1.82) is 0 Å². The summed E-state index contributed by atoms with van der Waals surface area (Å²) in [6.07, 6.45) is 2.89. The van der Waals surface area contributed by atoms with Gasteiger partial charge >= 0.3 is 0 Å². The molecule has 1 aromatic rings. The van der Waals surface area contributed by atoms with Crippen LogP contribution < -0.4 is 4.72 Å². The molecule has 0 aliphatic carbocycles. The van der Waals surface area contributed by atoms with Crippen LogP contribution in [0.25, 0.3) is 0 Å². The lowest BCUT2D eigenvalue weighted by Gasteiger charge is -2.32. The van der Waals surface area contributed by atoms with Gasteiger partial charge in [-0.2, -0.15) is 0 Å². The van der Waals surface area contributed by atoms with E-state index in [0.717, 1.165) is 6.42 Å². The van der Waals surface area contributed by atoms with Crippen LogP contribution in [-0.2, 0) is 10.0 Å². The average molecular weight is 324 g/mol. The van der Waals surface area contributed by atoms with Gasteiger partial charge in [-0.1, -0.05) is 31.5 Å².